The topological polar surface area (TPSA) is 75.0 Å². The van der Waals surface area contributed by atoms with Gasteiger partial charge in [0.2, 0.25) is 5.95 Å². The summed E-state index contributed by atoms with van der Waals surface area (Å²) in [5, 5.41) is 0. The van der Waals surface area contributed by atoms with E-state index >= 15 is 0 Å². The first kappa shape index (κ1) is 26.3. The minimum atomic E-state index is -0.490. The Bertz CT molecular complexity index is 1820. The molecule has 1 saturated heterocycles. The van der Waals surface area contributed by atoms with Crippen molar-refractivity contribution in [3.8, 4) is 40.1 Å². The lowest BCUT2D eigenvalue weighted by atomic mass is 9.79. The van der Waals surface area contributed by atoms with E-state index in [1.54, 1.807) is 0 Å². The quantitative estimate of drug-likeness (QED) is 0.228. The lowest BCUT2D eigenvalue weighted by molar-refractivity contribution is 0.00578. The second-order valence-electron chi connectivity index (χ2n) is 11.5. The number of aromatic nitrogens is 5. The van der Waals surface area contributed by atoms with E-state index in [1.807, 2.05) is 114 Å². The summed E-state index contributed by atoms with van der Waals surface area (Å²) >= 11 is 0. The van der Waals surface area contributed by atoms with Crippen LogP contribution in [0.5, 0.6) is 0 Å². The maximum Gasteiger partial charge on any atom is 0.494 e. The standard InChI is InChI=1S/C34H30BN5O2/c1-33(2)34(3,4)42-35(41-33)26-20-21-28-27(22-26)36-31(25-18-12-7-13-19-25)40(28)32-38-29(23-14-8-5-9-15-23)37-30(39-32)24-16-10-6-11-17-24/h5-22H,1-4H3. The Morgan fingerprint density at radius 3 is 1.60 bits per heavy atom. The highest BCUT2D eigenvalue weighted by atomic mass is 16.7. The van der Waals surface area contributed by atoms with Gasteiger partial charge < -0.3 is 9.31 Å². The Hall–Kier alpha value is -4.66. The fraction of sp³-hybridized carbons (Fsp3) is 0.176. The van der Waals surface area contributed by atoms with E-state index in [1.165, 1.54) is 0 Å². The Balaban J connectivity index is 1.44. The van der Waals surface area contributed by atoms with E-state index in [9.17, 15) is 0 Å². The summed E-state index contributed by atoms with van der Waals surface area (Å²) in [4.78, 5) is 20.0. The van der Waals surface area contributed by atoms with Crippen molar-refractivity contribution in [2.75, 3.05) is 0 Å². The highest BCUT2D eigenvalue weighted by molar-refractivity contribution is 6.62. The molecular weight excluding hydrogens is 521 g/mol. The molecule has 1 aliphatic heterocycles. The van der Waals surface area contributed by atoms with Crippen LogP contribution in [0.2, 0.25) is 0 Å². The van der Waals surface area contributed by atoms with Crippen molar-refractivity contribution in [1.82, 2.24) is 24.5 Å². The van der Waals surface area contributed by atoms with Gasteiger partial charge in [0, 0.05) is 16.7 Å². The molecule has 7 rings (SSSR count). The molecule has 3 heterocycles. The zero-order valence-corrected chi connectivity index (χ0v) is 24.0. The summed E-state index contributed by atoms with van der Waals surface area (Å²) in [6.45, 7) is 8.23. The number of imidazole rings is 1. The fourth-order valence-corrected chi connectivity index (χ4v) is 5.10. The smallest absolute Gasteiger partial charge is 0.399 e. The number of fused-ring (bicyclic) bond motifs is 1. The van der Waals surface area contributed by atoms with Gasteiger partial charge in [0.15, 0.2) is 11.6 Å². The largest absolute Gasteiger partial charge is 0.494 e. The van der Waals surface area contributed by atoms with E-state index in [-0.39, 0.29) is 0 Å². The average Bonchev–Trinajstić information content (AvgIpc) is 3.50. The monoisotopic (exact) mass is 551 g/mol. The van der Waals surface area contributed by atoms with Crippen molar-refractivity contribution < 1.29 is 9.31 Å². The summed E-state index contributed by atoms with van der Waals surface area (Å²) < 4.78 is 14.7. The van der Waals surface area contributed by atoms with Crippen LogP contribution in [0.15, 0.2) is 109 Å². The number of nitrogens with zero attached hydrogens (tertiary/aromatic N) is 5. The first-order valence-electron chi connectivity index (χ1n) is 14.1. The Kier molecular flexibility index (Phi) is 6.26. The first-order valence-corrected chi connectivity index (χ1v) is 14.1. The van der Waals surface area contributed by atoms with Gasteiger partial charge in [-0.15, -0.1) is 0 Å². The third kappa shape index (κ3) is 4.59. The molecule has 8 heteroatoms. The molecule has 206 valence electrons. The molecule has 0 amide bonds. The maximum absolute atomic E-state index is 6.35. The van der Waals surface area contributed by atoms with Gasteiger partial charge in [-0.05, 0) is 45.3 Å². The summed E-state index contributed by atoms with van der Waals surface area (Å²) in [5.74, 6) is 2.41. The van der Waals surface area contributed by atoms with Crippen molar-refractivity contribution in [1.29, 1.82) is 0 Å². The minimum absolute atomic E-state index is 0.437. The second-order valence-corrected chi connectivity index (χ2v) is 11.5. The minimum Gasteiger partial charge on any atom is -0.399 e. The van der Waals surface area contributed by atoms with Gasteiger partial charge in [0.1, 0.15) is 5.82 Å². The Morgan fingerprint density at radius 2 is 1.07 bits per heavy atom. The molecule has 1 fully saturated rings. The molecule has 1 aliphatic rings. The van der Waals surface area contributed by atoms with Crippen LogP contribution in [0.3, 0.4) is 0 Å². The van der Waals surface area contributed by atoms with Crippen LogP contribution in [0, 0.1) is 0 Å². The predicted molar refractivity (Wildman–Crippen MR) is 166 cm³/mol. The van der Waals surface area contributed by atoms with Gasteiger partial charge in [-0.3, -0.25) is 4.57 Å². The van der Waals surface area contributed by atoms with Crippen LogP contribution in [0.25, 0.3) is 51.1 Å². The van der Waals surface area contributed by atoms with E-state index in [2.05, 4.69) is 27.7 Å². The van der Waals surface area contributed by atoms with Crippen LogP contribution >= 0.6 is 0 Å². The zero-order chi connectivity index (χ0) is 28.9. The fourth-order valence-electron chi connectivity index (χ4n) is 5.10. The zero-order valence-electron chi connectivity index (χ0n) is 24.0. The molecule has 0 bridgehead atoms. The molecule has 6 aromatic rings. The third-order valence-corrected chi connectivity index (χ3v) is 8.12. The Labute approximate surface area is 245 Å². The number of benzene rings is 4. The van der Waals surface area contributed by atoms with Gasteiger partial charge >= 0.3 is 7.12 Å². The normalized spacial score (nSPS) is 15.8. The van der Waals surface area contributed by atoms with Crippen LogP contribution in [0.1, 0.15) is 27.7 Å². The van der Waals surface area contributed by atoms with Crippen LogP contribution in [-0.2, 0) is 9.31 Å². The summed E-state index contributed by atoms with van der Waals surface area (Å²) in [5.41, 5.74) is 4.48. The first-order chi connectivity index (χ1) is 20.3. The number of rotatable bonds is 5. The summed E-state index contributed by atoms with van der Waals surface area (Å²) in [6, 6.07) is 36.2. The van der Waals surface area contributed by atoms with Crippen LogP contribution < -0.4 is 5.46 Å². The van der Waals surface area contributed by atoms with Gasteiger partial charge in [-0.2, -0.15) is 9.97 Å². The van der Waals surface area contributed by atoms with Gasteiger partial charge in [0.25, 0.3) is 0 Å². The van der Waals surface area contributed by atoms with E-state index in [0.29, 0.717) is 17.6 Å². The SMILES string of the molecule is CC1(C)OB(c2ccc3c(c2)nc(-c2ccccc2)n3-c2nc(-c3ccccc3)nc(-c3ccccc3)n2)OC1(C)C. The molecule has 0 radical (unpaired) electrons. The van der Waals surface area contributed by atoms with E-state index in [0.717, 1.165) is 39.0 Å². The predicted octanol–water partition coefficient (Wildman–Crippen LogP) is 6.51. The molecule has 2 aromatic heterocycles. The van der Waals surface area contributed by atoms with Crippen molar-refractivity contribution in [3.05, 3.63) is 109 Å². The second kappa shape index (κ2) is 10.0. The lowest BCUT2D eigenvalue weighted by Crippen LogP contribution is -2.41. The number of hydrogen-bond acceptors (Lipinski definition) is 6. The molecule has 0 unspecified atom stereocenters. The molecule has 42 heavy (non-hydrogen) atoms. The molecule has 0 spiro atoms. The van der Waals surface area contributed by atoms with Gasteiger partial charge in [-0.25, -0.2) is 9.97 Å². The van der Waals surface area contributed by atoms with Crippen LogP contribution in [0.4, 0.5) is 0 Å². The lowest BCUT2D eigenvalue weighted by Gasteiger charge is -2.32. The molecular formula is C34H30BN5O2. The summed E-state index contributed by atoms with van der Waals surface area (Å²) in [7, 11) is -0.490. The van der Waals surface area contributed by atoms with Crippen LogP contribution in [-0.4, -0.2) is 42.8 Å². The van der Waals surface area contributed by atoms with Crippen molar-refractivity contribution in [3.63, 3.8) is 0 Å². The van der Waals surface area contributed by atoms with Gasteiger partial charge in [0.05, 0.1) is 22.2 Å². The van der Waals surface area contributed by atoms with Gasteiger partial charge in [-0.1, -0.05) is 97.1 Å². The summed E-state index contributed by atoms with van der Waals surface area (Å²) in [6.07, 6.45) is 0. The molecule has 0 atom stereocenters. The molecule has 0 saturated carbocycles. The van der Waals surface area contributed by atoms with E-state index in [4.69, 9.17) is 29.2 Å². The highest BCUT2D eigenvalue weighted by Gasteiger charge is 2.51. The number of hydrogen-bond donors (Lipinski definition) is 0. The average molecular weight is 551 g/mol. The van der Waals surface area contributed by atoms with E-state index < -0.39 is 18.3 Å². The molecule has 4 aromatic carbocycles. The molecule has 7 nitrogen and oxygen atoms in total. The molecule has 0 aliphatic carbocycles. The molecule has 0 N–H and O–H groups in total. The van der Waals surface area contributed by atoms with Crippen molar-refractivity contribution in [2.24, 2.45) is 0 Å². The third-order valence-electron chi connectivity index (χ3n) is 8.12. The highest BCUT2D eigenvalue weighted by Crippen LogP contribution is 2.37. The maximum atomic E-state index is 6.35. The Morgan fingerprint density at radius 1 is 0.571 bits per heavy atom. The van der Waals surface area contributed by atoms with Crippen molar-refractivity contribution in [2.45, 2.75) is 38.9 Å². The van der Waals surface area contributed by atoms with Crippen molar-refractivity contribution >= 4 is 23.6 Å².